The fourth-order valence-corrected chi connectivity index (χ4v) is 1.54. The summed E-state index contributed by atoms with van der Waals surface area (Å²) >= 11 is 0. The summed E-state index contributed by atoms with van der Waals surface area (Å²) in [7, 11) is 0. The SMILES string of the molecule is CC(C)CC(NC(C)C)C(=O)C(C)C.[HH]. The van der Waals surface area contributed by atoms with Gasteiger partial charge in [0.1, 0.15) is 0 Å². The predicted molar refractivity (Wildman–Crippen MR) is 63.5 cm³/mol. The first kappa shape index (κ1) is 13.6. The maximum Gasteiger partial charge on any atom is 0.152 e. The number of carbonyl (C=O) groups excluding carboxylic acids is 1. The monoisotopic (exact) mass is 201 g/mol. The lowest BCUT2D eigenvalue weighted by atomic mass is 9.94. The van der Waals surface area contributed by atoms with Crippen LogP contribution in [0.2, 0.25) is 0 Å². The molecule has 0 rings (SSSR count). The summed E-state index contributed by atoms with van der Waals surface area (Å²) < 4.78 is 0. The van der Waals surface area contributed by atoms with Crippen molar-refractivity contribution >= 4 is 5.78 Å². The molecule has 0 aliphatic heterocycles. The molecule has 2 nitrogen and oxygen atoms in total. The van der Waals surface area contributed by atoms with E-state index < -0.39 is 0 Å². The van der Waals surface area contributed by atoms with Crippen LogP contribution in [0, 0.1) is 11.8 Å². The van der Waals surface area contributed by atoms with Crippen LogP contribution in [0.5, 0.6) is 0 Å². The van der Waals surface area contributed by atoms with E-state index >= 15 is 0 Å². The molecular formula is C12H27NO. The first-order valence-electron chi connectivity index (χ1n) is 5.64. The molecule has 0 aromatic heterocycles. The molecule has 14 heavy (non-hydrogen) atoms. The summed E-state index contributed by atoms with van der Waals surface area (Å²) in [6, 6.07) is 0.413. The quantitative estimate of drug-likeness (QED) is 0.716. The van der Waals surface area contributed by atoms with E-state index in [1.807, 2.05) is 13.8 Å². The van der Waals surface area contributed by atoms with Crippen LogP contribution < -0.4 is 5.32 Å². The van der Waals surface area contributed by atoms with Gasteiger partial charge in [-0.1, -0.05) is 41.5 Å². The Bertz CT molecular complexity index is 168. The van der Waals surface area contributed by atoms with Crippen LogP contribution >= 0.6 is 0 Å². The van der Waals surface area contributed by atoms with Gasteiger partial charge >= 0.3 is 0 Å². The van der Waals surface area contributed by atoms with E-state index in [1.54, 1.807) is 0 Å². The molecule has 0 bridgehead atoms. The highest BCUT2D eigenvalue weighted by molar-refractivity contribution is 5.85. The van der Waals surface area contributed by atoms with Crippen molar-refractivity contribution in [1.29, 1.82) is 0 Å². The van der Waals surface area contributed by atoms with E-state index in [9.17, 15) is 4.79 Å². The number of hydrogen-bond donors (Lipinski definition) is 1. The van der Waals surface area contributed by atoms with Crippen molar-refractivity contribution in [3.63, 3.8) is 0 Å². The van der Waals surface area contributed by atoms with Crippen LogP contribution in [0.3, 0.4) is 0 Å². The number of rotatable bonds is 6. The highest BCUT2D eigenvalue weighted by atomic mass is 16.1. The molecule has 0 amide bonds. The minimum atomic E-state index is 0. The summed E-state index contributed by atoms with van der Waals surface area (Å²) in [5.74, 6) is 1.03. The average molecular weight is 201 g/mol. The zero-order valence-electron chi connectivity index (χ0n) is 10.4. The minimum absolute atomic E-state index is 0. The van der Waals surface area contributed by atoms with Crippen molar-refractivity contribution in [2.75, 3.05) is 0 Å². The fourth-order valence-electron chi connectivity index (χ4n) is 1.54. The molecular weight excluding hydrogens is 174 g/mol. The maximum absolute atomic E-state index is 11.9. The lowest BCUT2D eigenvalue weighted by Gasteiger charge is -2.23. The molecule has 2 heteroatoms. The van der Waals surface area contributed by atoms with Crippen LogP contribution in [0.25, 0.3) is 0 Å². The zero-order valence-corrected chi connectivity index (χ0v) is 10.4. The van der Waals surface area contributed by atoms with Gasteiger partial charge in [-0.2, -0.15) is 0 Å². The van der Waals surface area contributed by atoms with Crippen molar-refractivity contribution in [3.8, 4) is 0 Å². The minimum Gasteiger partial charge on any atom is -0.305 e. The zero-order chi connectivity index (χ0) is 11.3. The van der Waals surface area contributed by atoms with Crippen LogP contribution in [-0.2, 0) is 4.79 Å². The predicted octanol–water partition coefficient (Wildman–Crippen LogP) is 2.87. The van der Waals surface area contributed by atoms with E-state index in [-0.39, 0.29) is 13.4 Å². The van der Waals surface area contributed by atoms with Crippen molar-refractivity contribution in [3.05, 3.63) is 0 Å². The highest BCUT2D eigenvalue weighted by Crippen LogP contribution is 2.10. The normalized spacial score (nSPS) is 14.1. The molecule has 0 fully saturated rings. The number of nitrogens with one attached hydrogen (secondary N) is 1. The molecule has 0 spiro atoms. The Labute approximate surface area is 89.9 Å². The molecule has 0 aromatic rings. The van der Waals surface area contributed by atoms with Crippen LogP contribution in [0.15, 0.2) is 0 Å². The molecule has 0 aromatic carbocycles. The second-order valence-electron chi connectivity index (χ2n) is 5.06. The number of ketones is 1. The van der Waals surface area contributed by atoms with E-state index in [1.165, 1.54) is 0 Å². The Kier molecular flexibility index (Phi) is 6.01. The lowest BCUT2D eigenvalue weighted by Crippen LogP contribution is -2.43. The molecule has 0 saturated heterocycles. The molecule has 0 aliphatic carbocycles. The Hall–Kier alpha value is -0.370. The highest BCUT2D eigenvalue weighted by Gasteiger charge is 2.22. The average Bonchev–Trinajstić information content (AvgIpc) is 1.99. The molecule has 1 N–H and O–H groups in total. The number of hydrogen-bond acceptors (Lipinski definition) is 2. The van der Waals surface area contributed by atoms with E-state index in [2.05, 4.69) is 33.0 Å². The smallest absolute Gasteiger partial charge is 0.152 e. The van der Waals surface area contributed by atoms with Crippen LogP contribution in [-0.4, -0.2) is 17.9 Å². The second kappa shape index (κ2) is 6.18. The largest absolute Gasteiger partial charge is 0.305 e. The summed E-state index contributed by atoms with van der Waals surface area (Å²) in [4.78, 5) is 11.9. The topological polar surface area (TPSA) is 29.1 Å². The van der Waals surface area contributed by atoms with Gasteiger partial charge in [0.25, 0.3) is 0 Å². The molecule has 86 valence electrons. The fraction of sp³-hybridized carbons (Fsp3) is 0.917. The molecule has 0 heterocycles. The van der Waals surface area contributed by atoms with Crippen molar-refractivity contribution in [2.24, 2.45) is 11.8 Å². The van der Waals surface area contributed by atoms with Crippen molar-refractivity contribution in [2.45, 2.75) is 60.0 Å². The van der Waals surface area contributed by atoms with Gasteiger partial charge in [0.2, 0.25) is 0 Å². The summed E-state index contributed by atoms with van der Waals surface area (Å²) in [6.07, 6.45) is 0.940. The van der Waals surface area contributed by atoms with Gasteiger partial charge < -0.3 is 5.32 Å². The Morgan fingerprint density at radius 3 is 1.93 bits per heavy atom. The van der Waals surface area contributed by atoms with Gasteiger partial charge in [-0.3, -0.25) is 4.79 Å². The molecule has 1 atom stereocenters. The second-order valence-corrected chi connectivity index (χ2v) is 5.06. The Balaban J connectivity index is 0. The first-order chi connectivity index (χ1) is 6.34. The number of carbonyl (C=O) groups is 1. The van der Waals surface area contributed by atoms with E-state index in [0.29, 0.717) is 17.7 Å². The summed E-state index contributed by atoms with van der Waals surface area (Å²) in [5, 5.41) is 3.34. The third kappa shape index (κ3) is 5.38. The number of Topliss-reactive ketones (excluding diaryl/α,β-unsaturated/α-hetero) is 1. The molecule has 0 aliphatic rings. The third-order valence-electron chi connectivity index (χ3n) is 2.15. The standard InChI is InChI=1S/C12H25NO.H2/c1-8(2)7-11(13-10(5)6)12(14)9(3)4;/h8-11,13H,7H2,1-6H3;1H. The van der Waals surface area contributed by atoms with E-state index in [0.717, 1.165) is 6.42 Å². The van der Waals surface area contributed by atoms with Gasteiger partial charge in [0.05, 0.1) is 6.04 Å². The van der Waals surface area contributed by atoms with Crippen molar-refractivity contribution in [1.82, 2.24) is 5.32 Å². The molecule has 0 saturated carbocycles. The lowest BCUT2D eigenvalue weighted by molar-refractivity contribution is -0.124. The Morgan fingerprint density at radius 1 is 1.14 bits per heavy atom. The van der Waals surface area contributed by atoms with Crippen LogP contribution in [0.1, 0.15) is 49.4 Å². The van der Waals surface area contributed by atoms with Gasteiger partial charge in [0, 0.05) is 13.4 Å². The maximum atomic E-state index is 11.9. The van der Waals surface area contributed by atoms with Gasteiger partial charge in [0.15, 0.2) is 5.78 Å². The van der Waals surface area contributed by atoms with Gasteiger partial charge in [-0.25, -0.2) is 0 Å². The Morgan fingerprint density at radius 2 is 1.64 bits per heavy atom. The molecule has 1 unspecified atom stereocenters. The van der Waals surface area contributed by atoms with E-state index in [4.69, 9.17) is 0 Å². The first-order valence-corrected chi connectivity index (χ1v) is 5.64. The van der Waals surface area contributed by atoms with Crippen LogP contribution in [0.4, 0.5) is 0 Å². The summed E-state index contributed by atoms with van der Waals surface area (Å²) in [5.41, 5.74) is 0. The summed E-state index contributed by atoms with van der Waals surface area (Å²) in [6.45, 7) is 12.4. The third-order valence-corrected chi connectivity index (χ3v) is 2.15. The van der Waals surface area contributed by atoms with Crippen molar-refractivity contribution < 1.29 is 6.22 Å². The molecule has 0 radical (unpaired) electrons. The van der Waals surface area contributed by atoms with Gasteiger partial charge in [-0.15, -0.1) is 0 Å². The van der Waals surface area contributed by atoms with Gasteiger partial charge in [-0.05, 0) is 12.3 Å².